The molecule has 12 rings (SSSR count). The average molecular weight is 651 g/mol. The quantitative estimate of drug-likeness (QED) is 0.191. The highest BCUT2D eigenvalue weighted by atomic mass is 16.3. The summed E-state index contributed by atoms with van der Waals surface area (Å²) >= 11 is 0. The minimum Gasteiger partial charge on any atom is -0.456 e. The smallest absolute Gasteiger partial charge is 0.165 e. The molecule has 4 aromatic heterocycles. The molecule has 0 atom stereocenters. The van der Waals surface area contributed by atoms with E-state index in [4.69, 9.17) is 14.4 Å². The van der Waals surface area contributed by atoms with Crippen molar-refractivity contribution in [2.75, 3.05) is 0 Å². The van der Waals surface area contributed by atoms with E-state index >= 15 is 0 Å². The summed E-state index contributed by atoms with van der Waals surface area (Å²) in [6.45, 7) is 0. The summed E-state index contributed by atoms with van der Waals surface area (Å²) in [5.74, 6) is 0.801. The lowest BCUT2D eigenvalue weighted by Crippen LogP contribution is -2.04. The molecule has 0 aliphatic rings. The van der Waals surface area contributed by atoms with Crippen LogP contribution >= 0.6 is 0 Å². The number of hydrogen-bond acceptors (Lipinski definition) is 3. The fourth-order valence-electron chi connectivity index (χ4n) is 8.51. The lowest BCUT2D eigenvalue weighted by molar-refractivity contribution is 0.664. The predicted octanol–water partition coefficient (Wildman–Crippen LogP) is 12.0. The first kappa shape index (κ1) is 26.9. The van der Waals surface area contributed by atoms with Crippen molar-refractivity contribution in [2.45, 2.75) is 0 Å². The van der Waals surface area contributed by atoms with E-state index in [1.165, 1.54) is 27.1 Å². The maximum atomic E-state index is 6.68. The standard InChI is InChI=1S/C46H26N4O/c1-2-12-30(13-3-1)49-35-17-7-4-14-31(35)32-26-29(22-23-36(32)49)45-46(48-34-16-6-5-15-33(34)47-45)50-37-24-20-27-10-8-18-39-41(27)43(37)44-38(50)25-21-28-11-9-19-40(51-39)42(28)44/h1-26H. The molecule has 4 heterocycles. The Bertz CT molecular complexity index is 3260. The van der Waals surface area contributed by atoms with Crippen LogP contribution in [0.15, 0.2) is 162 Å². The molecular formula is C46H26N4O. The third-order valence-corrected chi connectivity index (χ3v) is 10.6. The molecule has 8 aromatic carbocycles. The number of nitrogens with zero attached hydrogens (tertiary/aromatic N) is 4. The largest absolute Gasteiger partial charge is 0.456 e. The Morgan fingerprint density at radius 1 is 0.412 bits per heavy atom. The molecule has 0 unspecified atom stereocenters. The van der Waals surface area contributed by atoms with Crippen LogP contribution in [0.25, 0.3) is 110 Å². The summed E-state index contributed by atoms with van der Waals surface area (Å²) in [7, 11) is 0. The first-order valence-corrected chi connectivity index (χ1v) is 17.3. The van der Waals surface area contributed by atoms with E-state index in [0.29, 0.717) is 0 Å². The maximum Gasteiger partial charge on any atom is 0.165 e. The van der Waals surface area contributed by atoms with Gasteiger partial charge in [-0.15, -0.1) is 0 Å². The number of benzene rings is 8. The molecule has 0 aliphatic heterocycles. The Hall–Kier alpha value is -6.98. The Balaban J connectivity index is 1.23. The van der Waals surface area contributed by atoms with Gasteiger partial charge in [-0.05, 0) is 77.5 Å². The van der Waals surface area contributed by atoms with Gasteiger partial charge in [-0.3, -0.25) is 4.57 Å². The predicted molar refractivity (Wildman–Crippen MR) is 210 cm³/mol. The minimum atomic E-state index is 0.801. The van der Waals surface area contributed by atoms with Crippen LogP contribution in [0.4, 0.5) is 0 Å². The van der Waals surface area contributed by atoms with E-state index in [1.807, 2.05) is 12.1 Å². The Labute approximate surface area is 290 Å². The summed E-state index contributed by atoms with van der Waals surface area (Å²) in [6.07, 6.45) is 0. The summed E-state index contributed by atoms with van der Waals surface area (Å²) in [5, 5.41) is 9.26. The monoisotopic (exact) mass is 650 g/mol. The Kier molecular flexibility index (Phi) is 5.17. The number of para-hydroxylation sites is 4. The van der Waals surface area contributed by atoms with Gasteiger partial charge in [0.1, 0.15) is 16.9 Å². The van der Waals surface area contributed by atoms with Gasteiger partial charge in [0, 0.05) is 43.6 Å². The molecule has 0 amide bonds. The molecule has 0 N–H and O–H groups in total. The molecule has 12 aromatic rings. The van der Waals surface area contributed by atoms with E-state index in [0.717, 1.165) is 83.1 Å². The summed E-state index contributed by atoms with van der Waals surface area (Å²) in [5.41, 5.74) is 10.9. The fraction of sp³-hybridized carbons (Fsp3) is 0. The van der Waals surface area contributed by atoms with Crippen LogP contribution in [-0.2, 0) is 0 Å². The number of rotatable bonds is 3. The van der Waals surface area contributed by atoms with Gasteiger partial charge in [-0.25, -0.2) is 9.97 Å². The lowest BCUT2D eigenvalue weighted by Gasteiger charge is -2.15. The van der Waals surface area contributed by atoms with Crippen molar-refractivity contribution in [3.8, 4) is 22.8 Å². The zero-order valence-corrected chi connectivity index (χ0v) is 27.2. The van der Waals surface area contributed by atoms with Crippen molar-refractivity contribution in [3.63, 3.8) is 0 Å². The van der Waals surface area contributed by atoms with Gasteiger partial charge in [0.25, 0.3) is 0 Å². The second-order valence-electron chi connectivity index (χ2n) is 13.4. The molecule has 51 heavy (non-hydrogen) atoms. The van der Waals surface area contributed by atoms with Gasteiger partial charge in [0.05, 0.1) is 33.1 Å². The molecule has 0 spiro atoms. The van der Waals surface area contributed by atoms with Gasteiger partial charge in [-0.1, -0.05) is 91.0 Å². The summed E-state index contributed by atoms with van der Waals surface area (Å²) in [6, 6.07) is 55.7. The van der Waals surface area contributed by atoms with Crippen LogP contribution in [0.2, 0.25) is 0 Å². The normalized spacial score (nSPS) is 12.3. The van der Waals surface area contributed by atoms with Crippen LogP contribution in [0.3, 0.4) is 0 Å². The SMILES string of the molecule is c1ccc(-n2c3ccccc3c3cc(-c4nc5ccccc5nc4-n4c5ccc6cccc7oc8cccc9ccc4c(c98)c5c67)ccc32)cc1. The van der Waals surface area contributed by atoms with E-state index in [-0.39, 0.29) is 0 Å². The lowest BCUT2D eigenvalue weighted by atomic mass is 10.00. The fourth-order valence-corrected chi connectivity index (χ4v) is 8.51. The molecule has 0 fully saturated rings. The first-order valence-electron chi connectivity index (χ1n) is 17.3. The topological polar surface area (TPSA) is 48.8 Å². The van der Waals surface area contributed by atoms with Crippen molar-refractivity contribution < 1.29 is 4.42 Å². The van der Waals surface area contributed by atoms with Crippen LogP contribution in [0.5, 0.6) is 0 Å². The molecule has 5 nitrogen and oxygen atoms in total. The van der Waals surface area contributed by atoms with Gasteiger partial charge in [-0.2, -0.15) is 0 Å². The van der Waals surface area contributed by atoms with Crippen molar-refractivity contribution in [2.24, 2.45) is 0 Å². The van der Waals surface area contributed by atoms with Gasteiger partial charge in [0.2, 0.25) is 0 Å². The van der Waals surface area contributed by atoms with Crippen molar-refractivity contribution in [3.05, 3.63) is 158 Å². The second kappa shape index (κ2) is 9.80. The van der Waals surface area contributed by atoms with Gasteiger partial charge < -0.3 is 8.98 Å². The van der Waals surface area contributed by atoms with E-state index < -0.39 is 0 Å². The third kappa shape index (κ3) is 3.59. The number of aromatic nitrogens is 4. The summed E-state index contributed by atoms with van der Waals surface area (Å²) in [4.78, 5) is 10.9. The first-order chi connectivity index (χ1) is 25.3. The minimum absolute atomic E-state index is 0.801. The molecule has 0 saturated carbocycles. The molecule has 0 radical (unpaired) electrons. The van der Waals surface area contributed by atoms with E-state index in [9.17, 15) is 0 Å². The molecule has 236 valence electrons. The molecule has 5 heteroatoms. The molecular weight excluding hydrogens is 625 g/mol. The van der Waals surface area contributed by atoms with Crippen molar-refractivity contribution in [1.82, 2.24) is 19.1 Å². The van der Waals surface area contributed by atoms with Crippen molar-refractivity contribution in [1.29, 1.82) is 0 Å². The zero-order chi connectivity index (χ0) is 33.2. The maximum absolute atomic E-state index is 6.68. The second-order valence-corrected chi connectivity index (χ2v) is 13.4. The highest BCUT2D eigenvalue weighted by Gasteiger charge is 2.25. The number of fused-ring (bicyclic) bond motifs is 4. The van der Waals surface area contributed by atoms with Crippen LogP contribution in [0, 0.1) is 0 Å². The molecule has 0 bridgehead atoms. The highest BCUT2D eigenvalue weighted by Crippen LogP contribution is 2.46. The van der Waals surface area contributed by atoms with E-state index in [2.05, 4.69) is 155 Å². The van der Waals surface area contributed by atoms with E-state index in [1.54, 1.807) is 0 Å². The van der Waals surface area contributed by atoms with Crippen LogP contribution < -0.4 is 0 Å². The molecule has 0 saturated heterocycles. The van der Waals surface area contributed by atoms with Gasteiger partial charge in [0.15, 0.2) is 5.82 Å². The summed E-state index contributed by atoms with van der Waals surface area (Å²) < 4.78 is 11.4. The molecule has 0 aliphatic carbocycles. The zero-order valence-electron chi connectivity index (χ0n) is 27.2. The van der Waals surface area contributed by atoms with Crippen molar-refractivity contribution >= 4 is 87.4 Å². The Morgan fingerprint density at radius 2 is 1.02 bits per heavy atom. The highest BCUT2D eigenvalue weighted by molar-refractivity contribution is 6.33. The third-order valence-electron chi connectivity index (χ3n) is 10.6. The van der Waals surface area contributed by atoms with Crippen LogP contribution in [0.1, 0.15) is 0 Å². The average Bonchev–Trinajstić information content (AvgIpc) is 3.65. The van der Waals surface area contributed by atoms with Gasteiger partial charge >= 0.3 is 0 Å². The van der Waals surface area contributed by atoms with Crippen LogP contribution in [-0.4, -0.2) is 19.1 Å². The number of hydrogen-bond donors (Lipinski definition) is 0. The Morgan fingerprint density at radius 3 is 1.75 bits per heavy atom.